The normalized spacial score (nSPS) is 11.2. The fourth-order valence-electron chi connectivity index (χ4n) is 2.56. The Labute approximate surface area is 169 Å². The van der Waals surface area contributed by atoms with Crippen molar-refractivity contribution >= 4 is 33.2 Å². The van der Waals surface area contributed by atoms with E-state index in [4.69, 9.17) is 9.88 Å². The van der Waals surface area contributed by atoms with Crippen LogP contribution in [0.15, 0.2) is 35.2 Å². The molecule has 2 aromatic rings. The maximum absolute atomic E-state index is 12.2. The fraction of sp³-hybridized carbons (Fsp3) is 0.368. The lowest BCUT2D eigenvalue weighted by Crippen LogP contribution is -2.28. The van der Waals surface area contributed by atoms with Crippen molar-refractivity contribution in [3.63, 3.8) is 0 Å². The Morgan fingerprint density at radius 1 is 1.18 bits per heavy atom. The van der Waals surface area contributed by atoms with Gasteiger partial charge in [-0.1, -0.05) is 32.4 Å². The van der Waals surface area contributed by atoms with Gasteiger partial charge in [-0.25, -0.2) is 18.4 Å². The van der Waals surface area contributed by atoms with Crippen molar-refractivity contribution in [1.29, 1.82) is 0 Å². The van der Waals surface area contributed by atoms with Gasteiger partial charge in [-0.05, 0) is 42.2 Å². The van der Waals surface area contributed by atoms with E-state index in [1.807, 2.05) is 13.0 Å². The Bertz CT molecular complexity index is 934. The van der Waals surface area contributed by atoms with Crippen LogP contribution in [0.25, 0.3) is 0 Å². The van der Waals surface area contributed by atoms with Gasteiger partial charge < -0.3 is 10.1 Å². The van der Waals surface area contributed by atoms with Crippen molar-refractivity contribution in [2.75, 3.05) is 6.61 Å². The number of esters is 1. The highest BCUT2D eigenvalue weighted by Crippen LogP contribution is 2.25. The number of hydrogen-bond acceptors (Lipinski definition) is 6. The van der Waals surface area contributed by atoms with Crippen molar-refractivity contribution in [2.45, 2.75) is 44.6 Å². The Kier molecular flexibility index (Phi) is 7.73. The van der Waals surface area contributed by atoms with Crippen LogP contribution < -0.4 is 10.5 Å². The third-order valence-electron chi connectivity index (χ3n) is 4.03. The van der Waals surface area contributed by atoms with Crippen molar-refractivity contribution in [3.8, 4) is 0 Å². The van der Waals surface area contributed by atoms with Crippen molar-refractivity contribution in [3.05, 3.63) is 51.2 Å². The lowest BCUT2D eigenvalue weighted by Gasteiger charge is -2.07. The minimum Gasteiger partial charge on any atom is -0.451 e. The second kappa shape index (κ2) is 9.81. The van der Waals surface area contributed by atoms with E-state index >= 15 is 0 Å². The van der Waals surface area contributed by atoms with Crippen LogP contribution in [-0.4, -0.2) is 26.9 Å². The molecule has 0 saturated carbocycles. The Balaban J connectivity index is 1.84. The van der Waals surface area contributed by atoms with Crippen LogP contribution in [0.1, 0.15) is 45.9 Å². The summed E-state index contributed by atoms with van der Waals surface area (Å²) in [5.74, 6) is -0.945. The van der Waals surface area contributed by atoms with E-state index in [0.717, 1.165) is 24.8 Å². The number of amides is 1. The van der Waals surface area contributed by atoms with Gasteiger partial charge >= 0.3 is 5.97 Å². The fourth-order valence-corrected chi connectivity index (χ4v) is 4.32. The molecule has 0 spiro atoms. The molecule has 2 rings (SSSR count). The lowest BCUT2D eigenvalue weighted by atomic mass is 10.1. The van der Waals surface area contributed by atoms with Gasteiger partial charge in [0.25, 0.3) is 5.91 Å². The summed E-state index contributed by atoms with van der Waals surface area (Å²) in [4.78, 5) is 25.8. The van der Waals surface area contributed by atoms with Crippen LogP contribution in [0.4, 0.5) is 0 Å². The molecular weight excluding hydrogens is 400 g/mol. The molecule has 0 fully saturated rings. The van der Waals surface area contributed by atoms with E-state index in [9.17, 15) is 18.0 Å². The second-order valence-electron chi connectivity index (χ2n) is 6.20. The summed E-state index contributed by atoms with van der Waals surface area (Å²) < 4.78 is 27.5. The van der Waals surface area contributed by atoms with Gasteiger partial charge in [0.1, 0.15) is 4.88 Å². The number of nitrogens with two attached hydrogens (primary N) is 1. The monoisotopic (exact) mass is 424 g/mol. The van der Waals surface area contributed by atoms with Crippen LogP contribution in [0.3, 0.4) is 0 Å². The molecule has 0 unspecified atom stereocenters. The molecule has 3 N–H and O–H groups in total. The molecule has 0 aliphatic carbocycles. The molecule has 9 heteroatoms. The summed E-state index contributed by atoms with van der Waals surface area (Å²) in [6, 6.07) is 7.68. The quantitative estimate of drug-likeness (QED) is 0.600. The molecule has 0 bridgehead atoms. The van der Waals surface area contributed by atoms with E-state index in [2.05, 4.69) is 12.2 Å². The van der Waals surface area contributed by atoms with Gasteiger partial charge in [0.15, 0.2) is 6.61 Å². The molecule has 1 amide bonds. The molecule has 7 nitrogen and oxygen atoms in total. The van der Waals surface area contributed by atoms with Gasteiger partial charge in [0, 0.05) is 11.4 Å². The first-order valence-electron chi connectivity index (χ1n) is 8.91. The number of primary sulfonamides is 1. The third-order valence-corrected chi connectivity index (χ3v) is 6.18. The highest BCUT2D eigenvalue weighted by atomic mass is 32.2. The average molecular weight is 425 g/mol. The first kappa shape index (κ1) is 22.1. The van der Waals surface area contributed by atoms with Gasteiger partial charge in [-0.3, -0.25) is 4.79 Å². The predicted octanol–water partition coefficient (Wildman–Crippen LogP) is 2.38. The number of rotatable bonds is 9. The van der Waals surface area contributed by atoms with Gasteiger partial charge in [0.2, 0.25) is 10.0 Å². The van der Waals surface area contributed by atoms with Crippen LogP contribution >= 0.6 is 11.3 Å². The smallest absolute Gasteiger partial charge is 0.348 e. The van der Waals surface area contributed by atoms with Crippen molar-refractivity contribution in [1.82, 2.24) is 5.32 Å². The zero-order valence-electron chi connectivity index (χ0n) is 15.9. The van der Waals surface area contributed by atoms with Gasteiger partial charge in [-0.2, -0.15) is 0 Å². The SMILES string of the molecule is CCCc1sc(C(=O)OCC(=O)NCc2ccc(S(N)(=O)=O)cc2)cc1CC. The molecule has 1 heterocycles. The molecule has 0 saturated heterocycles. The number of hydrogen-bond donors (Lipinski definition) is 2. The summed E-state index contributed by atoms with van der Waals surface area (Å²) in [5, 5.41) is 7.65. The predicted molar refractivity (Wildman–Crippen MR) is 108 cm³/mol. The Morgan fingerprint density at radius 2 is 1.86 bits per heavy atom. The molecular formula is C19H24N2O5S2. The molecule has 1 aromatic carbocycles. The molecule has 0 radical (unpaired) electrons. The first-order chi connectivity index (χ1) is 13.2. The molecule has 0 aliphatic rings. The number of aryl methyl sites for hydroxylation is 2. The maximum Gasteiger partial charge on any atom is 0.348 e. The second-order valence-corrected chi connectivity index (χ2v) is 8.90. The highest BCUT2D eigenvalue weighted by Gasteiger charge is 2.16. The Morgan fingerprint density at radius 3 is 2.43 bits per heavy atom. The molecule has 28 heavy (non-hydrogen) atoms. The zero-order chi connectivity index (χ0) is 20.7. The summed E-state index contributed by atoms with van der Waals surface area (Å²) in [5.41, 5.74) is 1.84. The lowest BCUT2D eigenvalue weighted by molar-refractivity contribution is -0.124. The van der Waals surface area contributed by atoms with E-state index in [1.54, 1.807) is 12.1 Å². The topological polar surface area (TPSA) is 116 Å². The number of ether oxygens (including phenoxy) is 1. The molecule has 0 atom stereocenters. The van der Waals surface area contributed by atoms with Gasteiger partial charge in [-0.15, -0.1) is 11.3 Å². The summed E-state index contributed by atoms with van der Waals surface area (Å²) in [6.07, 6.45) is 2.78. The number of benzene rings is 1. The highest BCUT2D eigenvalue weighted by molar-refractivity contribution is 7.89. The van der Waals surface area contributed by atoms with E-state index in [1.165, 1.54) is 28.3 Å². The van der Waals surface area contributed by atoms with Gasteiger partial charge in [0.05, 0.1) is 4.90 Å². The molecule has 1 aromatic heterocycles. The van der Waals surface area contributed by atoms with E-state index in [-0.39, 0.29) is 18.0 Å². The minimum atomic E-state index is -3.75. The minimum absolute atomic E-state index is 0.00125. The number of carbonyl (C=O) groups is 2. The van der Waals surface area contributed by atoms with Crippen LogP contribution in [0, 0.1) is 0 Å². The zero-order valence-corrected chi connectivity index (χ0v) is 17.5. The van der Waals surface area contributed by atoms with Crippen molar-refractivity contribution < 1.29 is 22.7 Å². The van der Waals surface area contributed by atoms with E-state index in [0.29, 0.717) is 10.4 Å². The van der Waals surface area contributed by atoms with E-state index < -0.39 is 21.9 Å². The Hall–Kier alpha value is -2.23. The summed E-state index contributed by atoms with van der Waals surface area (Å²) in [6.45, 7) is 3.93. The summed E-state index contributed by atoms with van der Waals surface area (Å²) in [7, 11) is -3.75. The standard InChI is InChI=1S/C19H24N2O5S2/c1-3-5-16-14(4-2)10-17(27-16)19(23)26-12-18(22)21-11-13-6-8-15(9-7-13)28(20,24)25/h6-10H,3-5,11-12H2,1-2H3,(H,21,22)(H2,20,24,25). The maximum atomic E-state index is 12.2. The van der Waals surface area contributed by atoms with Crippen LogP contribution in [0.2, 0.25) is 0 Å². The molecule has 152 valence electrons. The number of thiophene rings is 1. The van der Waals surface area contributed by atoms with Crippen molar-refractivity contribution in [2.24, 2.45) is 5.14 Å². The largest absolute Gasteiger partial charge is 0.451 e. The number of nitrogens with one attached hydrogen (secondary N) is 1. The summed E-state index contributed by atoms with van der Waals surface area (Å²) >= 11 is 1.42. The molecule has 0 aliphatic heterocycles. The van der Waals surface area contributed by atoms with Crippen LogP contribution in [-0.2, 0) is 38.9 Å². The first-order valence-corrected chi connectivity index (χ1v) is 11.3. The number of sulfonamides is 1. The third kappa shape index (κ3) is 6.15. The van der Waals surface area contributed by atoms with Crippen LogP contribution in [0.5, 0.6) is 0 Å². The average Bonchev–Trinajstić information content (AvgIpc) is 3.07. The number of carbonyl (C=O) groups excluding carboxylic acids is 2.